The van der Waals surface area contributed by atoms with E-state index in [2.05, 4.69) is 17.2 Å². The summed E-state index contributed by atoms with van der Waals surface area (Å²) in [7, 11) is 0. The van der Waals surface area contributed by atoms with E-state index in [1.54, 1.807) is 19.1 Å². The molecule has 0 aliphatic heterocycles. The molecule has 2 nitrogen and oxygen atoms in total. The minimum absolute atomic E-state index is 0.201. The molecular formula is C11H13F2NOS. The summed E-state index contributed by atoms with van der Waals surface area (Å²) in [6.07, 6.45) is 0. The Labute approximate surface area is 97.8 Å². The average molecular weight is 245 g/mol. The Hall–Kier alpha value is -0.990. The van der Waals surface area contributed by atoms with Gasteiger partial charge in [0.1, 0.15) is 11.5 Å². The lowest BCUT2D eigenvalue weighted by Gasteiger charge is -1.98. The molecule has 1 heterocycles. The fourth-order valence-corrected chi connectivity index (χ4v) is 1.52. The second-order valence-electron chi connectivity index (χ2n) is 2.97. The zero-order valence-electron chi connectivity index (χ0n) is 8.93. The van der Waals surface area contributed by atoms with Gasteiger partial charge in [-0.05, 0) is 19.1 Å². The highest BCUT2D eigenvalue weighted by Gasteiger charge is 2.06. The smallest absolute Gasteiger partial charge is 0.284 e. The van der Waals surface area contributed by atoms with Crippen molar-refractivity contribution in [2.75, 3.05) is 6.54 Å². The van der Waals surface area contributed by atoms with E-state index in [9.17, 15) is 8.78 Å². The molecule has 0 aliphatic carbocycles. The van der Waals surface area contributed by atoms with E-state index in [1.165, 1.54) is 0 Å². The van der Waals surface area contributed by atoms with E-state index >= 15 is 0 Å². The minimum atomic E-state index is -2.36. The normalized spacial score (nSPS) is 10.2. The molecule has 0 spiro atoms. The third kappa shape index (κ3) is 5.19. The van der Waals surface area contributed by atoms with Gasteiger partial charge in [-0.15, -0.1) is 5.92 Å². The SMILES string of the molecule is CC#CCNCc1ccc(CSC(F)F)o1. The molecule has 0 atom stereocenters. The Morgan fingerprint density at radius 1 is 1.44 bits per heavy atom. The van der Waals surface area contributed by atoms with Crippen molar-refractivity contribution in [1.82, 2.24) is 5.32 Å². The molecule has 0 radical (unpaired) electrons. The lowest BCUT2D eigenvalue weighted by molar-refractivity contribution is 0.251. The average Bonchev–Trinajstić information content (AvgIpc) is 2.70. The number of halogens is 2. The molecule has 1 aromatic heterocycles. The molecule has 1 aromatic rings. The maximum atomic E-state index is 11.9. The molecule has 0 aliphatic rings. The van der Waals surface area contributed by atoms with Crippen LogP contribution in [0.2, 0.25) is 0 Å². The molecule has 0 bridgehead atoms. The topological polar surface area (TPSA) is 25.2 Å². The van der Waals surface area contributed by atoms with Crippen LogP contribution < -0.4 is 5.32 Å². The van der Waals surface area contributed by atoms with E-state index in [4.69, 9.17) is 4.42 Å². The zero-order valence-corrected chi connectivity index (χ0v) is 9.74. The van der Waals surface area contributed by atoms with Gasteiger partial charge in [-0.2, -0.15) is 8.78 Å². The van der Waals surface area contributed by atoms with E-state index in [1.807, 2.05) is 0 Å². The second-order valence-corrected chi connectivity index (χ2v) is 3.95. The summed E-state index contributed by atoms with van der Waals surface area (Å²) in [6.45, 7) is 2.93. The first-order valence-corrected chi connectivity index (χ1v) is 5.85. The first-order valence-electron chi connectivity index (χ1n) is 4.80. The number of rotatable bonds is 6. The summed E-state index contributed by atoms with van der Waals surface area (Å²) in [4.78, 5) is 0. The number of hydrogen-bond acceptors (Lipinski definition) is 3. The Kier molecular flexibility index (Phi) is 5.98. The molecular weight excluding hydrogens is 232 g/mol. The first kappa shape index (κ1) is 13.1. The van der Waals surface area contributed by atoms with Crippen molar-refractivity contribution in [3.05, 3.63) is 23.7 Å². The molecule has 0 saturated carbocycles. The fraction of sp³-hybridized carbons (Fsp3) is 0.455. The van der Waals surface area contributed by atoms with Crippen molar-refractivity contribution in [2.24, 2.45) is 0 Å². The summed E-state index contributed by atoms with van der Waals surface area (Å²) in [5.41, 5.74) is 0. The Balaban J connectivity index is 2.29. The van der Waals surface area contributed by atoms with E-state index in [0.717, 1.165) is 5.76 Å². The molecule has 0 unspecified atom stereocenters. The van der Waals surface area contributed by atoms with Crippen molar-refractivity contribution < 1.29 is 13.2 Å². The number of thioether (sulfide) groups is 1. The van der Waals surface area contributed by atoms with Gasteiger partial charge < -0.3 is 4.42 Å². The fourth-order valence-electron chi connectivity index (χ4n) is 1.08. The van der Waals surface area contributed by atoms with Crippen LogP contribution >= 0.6 is 11.8 Å². The van der Waals surface area contributed by atoms with E-state index in [-0.39, 0.29) is 5.75 Å². The molecule has 88 valence electrons. The summed E-state index contributed by atoms with van der Waals surface area (Å²) in [5, 5.41) is 3.06. The number of alkyl halides is 2. The molecule has 5 heteroatoms. The quantitative estimate of drug-likeness (QED) is 0.616. The van der Waals surface area contributed by atoms with Crippen LogP contribution in [0.15, 0.2) is 16.5 Å². The van der Waals surface area contributed by atoms with Gasteiger partial charge in [0.25, 0.3) is 5.76 Å². The van der Waals surface area contributed by atoms with Gasteiger partial charge in [-0.25, -0.2) is 0 Å². The van der Waals surface area contributed by atoms with E-state index < -0.39 is 5.76 Å². The van der Waals surface area contributed by atoms with Crippen molar-refractivity contribution in [3.8, 4) is 11.8 Å². The van der Waals surface area contributed by atoms with Gasteiger partial charge in [-0.3, -0.25) is 5.32 Å². The monoisotopic (exact) mass is 245 g/mol. The summed E-state index contributed by atoms with van der Waals surface area (Å²) < 4.78 is 29.2. The Bertz CT molecular complexity index is 368. The zero-order chi connectivity index (χ0) is 11.8. The third-order valence-corrected chi connectivity index (χ3v) is 2.46. The predicted octanol–water partition coefficient (Wildman–Crippen LogP) is 2.85. The minimum Gasteiger partial charge on any atom is -0.464 e. The summed E-state index contributed by atoms with van der Waals surface area (Å²) in [6, 6.07) is 3.51. The van der Waals surface area contributed by atoms with Crippen molar-refractivity contribution >= 4 is 11.8 Å². The maximum Gasteiger partial charge on any atom is 0.284 e. The summed E-state index contributed by atoms with van der Waals surface area (Å²) in [5.74, 6) is 4.78. The molecule has 1 N–H and O–H groups in total. The standard InChI is InChI=1S/C11H13F2NOS/c1-2-3-6-14-7-9-4-5-10(15-9)8-16-11(12)13/h4-5,11,14H,6-8H2,1H3. The molecule has 0 amide bonds. The molecule has 16 heavy (non-hydrogen) atoms. The van der Waals surface area contributed by atoms with Crippen molar-refractivity contribution in [3.63, 3.8) is 0 Å². The van der Waals surface area contributed by atoms with Gasteiger partial charge in [0.2, 0.25) is 0 Å². The van der Waals surface area contributed by atoms with Crippen LogP contribution in [0.5, 0.6) is 0 Å². The highest BCUT2D eigenvalue weighted by atomic mass is 32.2. The van der Waals surface area contributed by atoms with Crippen LogP contribution in [-0.4, -0.2) is 12.3 Å². The van der Waals surface area contributed by atoms with Crippen molar-refractivity contribution in [1.29, 1.82) is 0 Å². The maximum absolute atomic E-state index is 11.9. The lowest BCUT2D eigenvalue weighted by atomic mass is 10.4. The molecule has 0 fully saturated rings. The number of hydrogen-bond donors (Lipinski definition) is 1. The van der Waals surface area contributed by atoms with Crippen LogP contribution in [0.4, 0.5) is 8.78 Å². The highest BCUT2D eigenvalue weighted by Crippen LogP contribution is 2.21. The largest absolute Gasteiger partial charge is 0.464 e. The molecule has 0 aromatic carbocycles. The van der Waals surface area contributed by atoms with Crippen LogP contribution in [0.1, 0.15) is 18.4 Å². The van der Waals surface area contributed by atoms with Gasteiger partial charge in [0, 0.05) is 0 Å². The van der Waals surface area contributed by atoms with E-state index in [0.29, 0.717) is 30.6 Å². The highest BCUT2D eigenvalue weighted by molar-refractivity contribution is 7.98. The Morgan fingerprint density at radius 3 is 2.88 bits per heavy atom. The first-order chi connectivity index (χ1) is 7.72. The molecule has 0 saturated heterocycles. The third-order valence-electron chi connectivity index (χ3n) is 1.76. The van der Waals surface area contributed by atoms with Crippen LogP contribution in [-0.2, 0) is 12.3 Å². The molecule has 1 rings (SSSR count). The lowest BCUT2D eigenvalue weighted by Crippen LogP contribution is -2.12. The van der Waals surface area contributed by atoms with Gasteiger partial charge >= 0.3 is 0 Å². The number of furan rings is 1. The van der Waals surface area contributed by atoms with Crippen LogP contribution in [0.3, 0.4) is 0 Å². The Morgan fingerprint density at radius 2 is 2.19 bits per heavy atom. The predicted molar refractivity (Wildman–Crippen MR) is 61.2 cm³/mol. The van der Waals surface area contributed by atoms with Gasteiger partial charge in [-0.1, -0.05) is 17.7 Å². The summed E-state index contributed by atoms with van der Waals surface area (Å²) >= 11 is 0.560. The van der Waals surface area contributed by atoms with Crippen LogP contribution in [0, 0.1) is 11.8 Å². The second kappa shape index (κ2) is 7.31. The van der Waals surface area contributed by atoms with Crippen LogP contribution in [0.25, 0.3) is 0 Å². The van der Waals surface area contributed by atoms with Crippen molar-refractivity contribution in [2.45, 2.75) is 25.0 Å². The van der Waals surface area contributed by atoms with Gasteiger partial charge in [0.05, 0.1) is 18.8 Å². The van der Waals surface area contributed by atoms with Gasteiger partial charge in [0.15, 0.2) is 0 Å². The number of nitrogens with one attached hydrogen (secondary N) is 1.